The Hall–Kier alpha value is -2.41. The maximum atomic E-state index is 11.0. The van der Waals surface area contributed by atoms with Gasteiger partial charge in [0.2, 0.25) is 5.91 Å². The van der Waals surface area contributed by atoms with E-state index in [1.54, 1.807) is 18.4 Å². The van der Waals surface area contributed by atoms with E-state index in [1.165, 1.54) is 17.4 Å². The number of aryl methyl sites for hydroxylation is 1. The molecule has 0 saturated carbocycles. The van der Waals surface area contributed by atoms with Crippen LogP contribution in [0.3, 0.4) is 0 Å². The maximum Gasteiger partial charge on any atom is 0.221 e. The van der Waals surface area contributed by atoms with Gasteiger partial charge in [-0.25, -0.2) is 4.98 Å². The molecule has 1 amide bonds. The fourth-order valence-corrected chi connectivity index (χ4v) is 3.06. The highest BCUT2D eigenvalue weighted by molar-refractivity contribution is 7.11. The van der Waals surface area contributed by atoms with Crippen molar-refractivity contribution in [3.05, 3.63) is 45.9 Å². The van der Waals surface area contributed by atoms with Crippen LogP contribution in [0.5, 0.6) is 0 Å². The van der Waals surface area contributed by atoms with E-state index in [1.807, 2.05) is 30.5 Å². The molecule has 0 aliphatic rings. The molecule has 0 atom stereocenters. The molecule has 7 heteroatoms. The Balaban J connectivity index is 1.74. The lowest BCUT2D eigenvalue weighted by molar-refractivity contribution is -0.114. The first-order valence-electron chi connectivity index (χ1n) is 8.35. The molecule has 6 nitrogen and oxygen atoms in total. The van der Waals surface area contributed by atoms with Gasteiger partial charge in [-0.3, -0.25) is 9.79 Å². The molecule has 1 aromatic heterocycles. The molecule has 0 fully saturated rings. The van der Waals surface area contributed by atoms with Crippen molar-refractivity contribution in [2.24, 2.45) is 4.99 Å². The number of carbonyl (C=O) groups is 1. The molecule has 0 radical (unpaired) electrons. The van der Waals surface area contributed by atoms with Gasteiger partial charge in [-0.1, -0.05) is 19.1 Å². The van der Waals surface area contributed by atoms with Crippen LogP contribution in [0.2, 0.25) is 0 Å². The number of nitrogens with one attached hydrogen (secondary N) is 3. The van der Waals surface area contributed by atoms with E-state index in [-0.39, 0.29) is 5.91 Å². The van der Waals surface area contributed by atoms with Gasteiger partial charge >= 0.3 is 0 Å². The van der Waals surface area contributed by atoms with Crippen molar-refractivity contribution in [2.75, 3.05) is 18.9 Å². The Morgan fingerprint density at radius 2 is 2.00 bits per heavy atom. The summed E-state index contributed by atoms with van der Waals surface area (Å²) in [6.45, 7) is 5.09. The van der Waals surface area contributed by atoms with Crippen LogP contribution in [0.25, 0.3) is 0 Å². The topological polar surface area (TPSA) is 78.4 Å². The Morgan fingerprint density at radius 1 is 1.24 bits per heavy atom. The average Bonchev–Trinajstić information content (AvgIpc) is 3.07. The van der Waals surface area contributed by atoms with Gasteiger partial charge in [0.1, 0.15) is 5.01 Å². The lowest BCUT2D eigenvalue weighted by Gasteiger charge is -2.11. The van der Waals surface area contributed by atoms with Crippen LogP contribution >= 0.6 is 11.3 Å². The van der Waals surface area contributed by atoms with Crippen molar-refractivity contribution in [1.82, 2.24) is 15.6 Å². The van der Waals surface area contributed by atoms with E-state index in [0.717, 1.165) is 36.0 Å². The van der Waals surface area contributed by atoms with Crippen LogP contribution in [-0.4, -0.2) is 30.4 Å². The fraction of sp³-hybridized carbons (Fsp3) is 0.389. The third kappa shape index (κ3) is 6.54. The standard InChI is InChI=1S/C18H25N5OS/c1-4-16-11-21-17(25-16)12-22-18(19-3)20-10-9-14-5-7-15(8-6-14)23-13(2)24/h5-8,11H,4,9-10,12H2,1-3H3,(H,23,24)(H2,19,20,22). The number of aliphatic imine (C=N–C) groups is 1. The predicted molar refractivity (Wildman–Crippen MR) is 104 cm³/mol. The maximum absolute atomic E-state index is 11.0. The van der Waals surface area contributed by atoms with Gasteiger partial charge in [-0.15, -0.1) is 11.3 Å². The zero-order valence-corrected chi connectivity index (χ0v) is 15.7. The number of anilines is 1. The van der Waals surface area contributed by atoms with Crippen LogP contribution in [0.15, 0.2) is 35.5 Å². The summed E-state index contributed by atoms with van der Waals surface area (Å²) in [5.41, 5.74) is 2.01. The lowest BCUT2D eigenvalue weighted by atomic mass is 10.1. The number of nitrogens with zero attached hydrogens (tertiary/aromatic N) is 2. The van der Waals surface area contributed by atoms with Crippen molar-refractivity contribution in [2.45, 2.75) is 33.2 Å². The summed E-state index contributed by atoms with van der Waals surface area (Å²) in [7, 11) is 1.76. The molecular weight excluding hydrogens is 334 g/mol. The highest BCUT2D eigenvalue weighted by Crippen LogP contribution is 2.12. The molecule has 0 spiro atoms. The first kappa shape index (κ1) is 18.9. The third-order valence-electron chi connectivity index (χ3n) is 3.56. The predicted octanol–water partition coefficient (Wildman–Crippen LogP) is 2.57. The first-order chi connectivity index (χ1) is 12.1. The largest absolute Gasteiger partial charge is 0.356 e. The molecule has 0 bridgehead atoms. The number of hydrogen-bond acceptors (Lipinski definition) is 4. The first-order valence-corrected chi connectivity index (χ1v) is 9.17. The molecule has 3 N–H and O–H groups in total. The van der Waals surface area contributed by atoms with Crippen LogP contribution in [0, 0.1) is 0 Å². The van der Waals surface area contributed by atoms with Gasteiger partial charge in [-0.05, 0) is 30.5 Å². The molecular formula is C18H25N5OS. The number of hydrogen-bond donors (Lipinski definition) is 3. The van der Waals surface area contributed by atoms with Crippen molar-refractivity contribution < 1.29 is 4.79 Å². The molecule has 0 aliphatic carbocycles. The van der Waals surface area contributed by atoms with Gasteiger partial charge in [0.05, 0.1) is 6.54 Å². The summed E-state index contributed by atoms with van der Waals surface area (Å²) in [5, 5.41) is 10.4. The molecule has 2 aromatic rings. The minimum Gasteiger partial charge on any atom is -0.356 e. The summed E-state index contributed by atoms with van der Waals surface area (Å²) < 4.78 is 0. The van der Waals surface area contributed by atoms with Crippen molar-refractivity contribution >= 4 is 28.9 Å². The monoisotopic (exact) mass is 359 g/mol. The van der Waals surface area contributed by atoms with E-state index < -0.39 is 0 Å². The quantitative estimate of drug-likeness (QED) is 0.524. The van der Waals surface area contributed by atoms with Crippen molar-refractivity contribution in [1.29, 1.82) is 0 Å². The van der Waals surface area contributed by atoms with E-state index in [0.29, 0.717) is 6.54 Å². The van der Waals surface area contributed by atoms with Crippen LogP contribution in [-0.2, 0) is 24.2 Å². The number of benzene rings is 1. The summed E-state index contributed by atoms with van der Waals surface area (Å²) in [5.74, 6) is 0.707. The Kier molecular flexibility index (Phi) is 7.40. The summed E-state index contributed by atoms with van der Waals surface area (Å²) in [4.78, 5) is 20.9. The number of aromatic nitrogens is 1. The number of amides is 1. The smallest absolute Gasteiger partial charge is 0.221 e. The van der Waals surface area contributed by atoms with Gasteiger partial charge < -0.3 is 16.0 Å². The zero-order chi connectivity index (χ0) is 18.1. The van der Waals surface area contributed by atoms with E-state index in [2.05, 4.69) is 32.9 Å². The second kappa shape index (κ2) is 9.78. The lowest BCUT2D eigenvalue weighted by Crippen LogP contribution is -2.37. The number of carbonyl (C=O) groups excluding carboxylic acids is 1. The van der Waals surface area contributed by atoms with Gasteiger partial charge in [-0.2, -0.15) is 0 Å². The van der Waals surface area contributed by atoms with Gasteiger partial charge in [0.15, 0.2) is 5.96 Å². The molecule has 1 aromatic carbocycles. The summed E-state index contributed by atoms with van der Waals surface area (Å²) >= 11 is 1.73. The molecule has 0 unspecified atom stereocenters. The van der Waals surface area contributed by atoms with Crippen LogP contribution in [0.4, 0.5) is 5.69 Å². The molecule has 0 saturated heterocycles. The Labute approximate surface area is 152 Å². The van der Waals surface area contributed by atoms with Crippen molar-refractivity contribution in [3.63, 3.8) is 0 Å². The second-order valence-corrected chi connectivity index (χ2v) is 6.75. The minimum absolute atomic E-state index is 0.0596. The zero-order valence-electron chi connectivity index (χ0n) is 14.9. The number of guanidine groups is 1. The molecule has 1 heterocycles. The average molecular weight is 359 g/mol. The van der Waals surface area contributed by atoms with Gasteiger partial charge in [0.25, 0.3) is 0 Å². The summed E-state index contributed by atoms with van der Waals surface area (Å²) in [6, 6.07) is 7.87. The highest BCUT2D eigenvalue weighted by atomic mass is 32.1. The number of thiazole rings is 1. The van der Waals surface area contributed by atoms with E-state index in [9.17, 15) is 4.79 Å². The number of rotatable bonds is 7. The summed E-state index contributed by atoms with van der Waals surface area (Å²) in [6.07, 6.45) is 3.83. The van der Waals surface area contributed by atoms with Gasteiger partial charge in [0, 0.05) is 37.3 Å². The molecule has 2 rings (SSSR count). The Bertz CT molecular complexity index is 709. The molecule has 134 valence electrons. The minimum atomic E-state index is -0.0596. The van der Waals surface area contributed by atoms with Crippen LogP contribution < -0.4 is 16.0 Å². The highest BCUT2D eigenvalue weighted by Gasteiger charge is 2.03. The SMILES string of the molecule is CCc1cnc(CNC(=NC)NCCc2ccc(NC(C)=O)cc2)s1. The normalized spacial score (nSPS) is 11.2. The Morgan fingerprint density at radius 3 is 2.60 bits per heavy atom. The van der Waals surface area contributed by atoms with E-state index >= 15 is 0 Å². The van der Waals surface area contributed by atoms with E-state index in [4.69, 9.17) is 0 Å². The van der Waals surface area contributed by atoms with Crippen molar-refractivity contribution in [3.8, 4) is 0 Å². The molecule has 0 aliphatic heterocycles. The molecule has 25 heavy (non-hydrogen) atoms. The van der Waals surface area contributed by atoms with Crippen LogP contribution in [0.1, 0.15) is 29.3 Å². The second-order valence-electron chi connectivity index (χ2n) is 5.55. The fourth-order valence-electron chi connectivity index (χ4n) is 2.26. The third-order valence-corrected chi connectivity index (χ3v) is 4.70.